The highest BCUT2D eigenvalue weighted by atomic mass is 32.2. The molecule has 8 aromatic rings. The number of benzene rings is 8. The van der Waals surface area contributed by atoms with Crippen LogP contribution < -0.4 is 26.0 Å². The molecular weight excluding hydrogens is 1410 g/mol. The number of hydrogen-bond donors (Lipinski definition) is 4. The van der Waals surface area contributed by atoms with Crippen LogP contribution in [0.5, 0.6) is 5.75 Å². The van der Waals surface area contributed by atoms with Crippen LogP contribution in [0.1, 0.15) is 170 Å². The third-order valence-corrected chi connectivity index (χ3v) is 20.7. The Bertz CT molecular complexity index is 4180. The third kappa shape index (κ3) is 25.5. The number of carbonyl (C=O) groups is 9. The summed E-state index contributed by atoms with van der Waals surface area (Å²) in [4.78, 5) is 130. The van der Waals surface area contributed by atoms with Gasteiger partial charge >= 0.3 is 24.1 Å². The molecule has 19 heteroatoms. The van der Waals surface area contributed by atoms with Crippen molar-refractivity contribution in [1.82, 2.24) is 21.3 Å². The zero-order valence-corrected chi connectivity index (χ0v) is 65.0. The lowest BCUT2D eigenvalue weighted by Crippen LogP contribution is -2.49. The summed E-state index contributed by atoms with van der Waals surface area (Å²) in [7, 11) is 0. The molecule has 0 fully saturated rings. The number of amides is 4. The molecule has 9 rings (SSSR count). The van der Waals surface area contributed by atoms with Gasteiger partial charge in [0.25, 0.3) is 0 Å². The molecule has 1 aliphatic carbocycles. The summed E-state index contributed by atoms with van der Waals surface area (Å²) in [6, 6.07) is 67.1. The molecule has 18 nitrogen and oxygen atoms in total. The summed E-state index contributed by atoms with van der Waals surface area (Å²) in [6.45, 7) is 12.7. The van der Waals surface area contributed by atoms with E-state index in [1.165, 1.54) is 11.8 Å². The van der Waals surface area contributed by atoms with Crippen LogP contribution in [0.2, 0.25) is 0 Å². The van der Waals surface area contributed by atoms with Crippen molar-refractivity contribution in [1.29, 1.82) is 0 Å². The van der Waals surface area contributed by atoms with E-state index >= 15 is 14.4 Å². The first-order chi connectivity index (χ1) is 52.9. The average molecular weight is 1510 g/mol. The molecule has 0 spiro atoms. The van der Waals surface area contributed by atoms with Gasteiger partial charge in [0, 0.05) is 49.8 Å². The lowest BCUT2D eigenvalue weighted by atomic mass is 9.84. The van der Waals surface area contributed by atoms with E-state index in [9.17, 15) is 28.8 Å². The quantitative estimate of drug-likeness (QED) is 0.0120. The van der Waals surface area contributed by atoms with E-state index in [4.69, 9.17) is 23.7 Å². The fourth-order valence-corrected chi connectivity index (χ4v) is 15.3. The Morgan fingerprint density at radius 2 is 0.945 bits per heavy atom. The molecule has 5 atom stereocenters. The standard InChI is InChI=1S/C91H104N4O14S/c1-8-105-72-50-48-65(49-51-72)60-106-86(102)80(62-110-91(68-37-21-14-22-38-68,69-39-23-15-24-40-69)70-41-25-16-26-42-70)94-85(101)67(59-83(99)108-89(2,3)4)58-82(98)78(95-88(104)109-90(5,6)7)52-53-81(97)79(56-64-35-19-13-20-36-64)93-84(100)66(55-63-33-17-12-18-34-63)57-71(96)43-27-10-9-11-32-54-92-87(103)107-61-77-75-46-30-28-44-73(75)74-45-29-31-47-76(74)77/h12-26,28-31,33-42,44-51,66-67,77-80H,8-11,27,32,43,52-62H2,1-7H3,(H,92,103)(H,93,100)(H,94,101)(H,95,104)/t66-,67+,78+,79+,80+/m1/s1. The number of hydrogen-bond acceptors (Lipinski definition) is 15. The van der Waals surface area contributed by atoms with Crippen molar-refractivity contribution in [3.63, 3.8) is 0 Å². The van der Waals surface area contributed by atoms with Gasteiger partial charge in [0.05, 0.1) is 35.8 Å². The summed E-state index contributed by atoms with van der Waals surface area (Å²) in [5.74, 6) is -6.24. The predicted octanol–water partition coefficient (Wildman–Crippen LogP) is 16.3. The number of alkyl carbamates (subject to hydrolysis) is 2. The van der Waals surface area contributed by atoms with Crippen LogP contribution in [-0.4, -0.2) is 108 Å². The van der Waals surface area contributed by atoms with Crippen molar-refractivity contribution >= 4 is 65.1 Å². The Morgan fingerprint density at radius 1 is 0.445 bits per heavy atom. The average Bonchev–Trinajstić information content (AvgIpc) is 1.36. The van der Waals surface area contributed by atoms with Crippen LogP contribution in [0.25, 0.3) is 11.1 Å². The molecule has 1 aliphatic rings. The predicted molar refractivity (Wildman–Crippen MR) is 428 cm³/mol. The SMILES string of the molecule is CCOc1ccc(COC(=O)[C@H](CSC(c2ccccc2)(c2ccccc2)c2ccccc2)NC(=O)[C@H](CC(=O)OC(C)(C)C)CC(=O)[C@H](CCC(=O)[C@H](Cc2ccccc2)NC(=O)[C@@H](CC(=O)CCCCCCCNC(=O)OCC2c3ccccc3-c3ccccc32)Cc2ccccc2)NC(=O)OC(C)(C)C)cc1. The van der Waals surface area contributed by atoms with Gasteiger partial charge in [0.2, 0.25) is 11.8 Å². The lowest BCUT2D eigenvalue weighted by molar-refractivity contribution is -0.157. The molecule has 0 aliphatic heterocycles. The maximum Gasteiger partial charge on any atom is 0.408 e. The minimum absolute atomic E-state index is 0.0375. The second kappa shape index (κ2) is 41.2. The lowest BCUT2D eigenvalue weighted by Gasteiger charge is -2.36. The van der Waals surface area contributed by atoms with Crippen molar-refractivity contribution in [3.05, 3.63) is 269 Å². The van der Waals surface area contributed by atoms with Crippen molar-refractivity contribution < 1.29 is 66.8 Å². The minimum atomic E-state index is -1.52. The van der Waals surface area contributed by atoms with E-state index < -0.39 is 106 Å². The number of carbonyl (C=O) groups excluding carboxylic acids is 9. The minimum Gasteiger partial charge on any atom is -0.494 e. The monoisotopic (exact) mass is 1510 g/mol. The first-order valence-corrected chi connectivity index (χ1v) is 39.2. The highest BCUT2D eigenvalue weighted by molar-refractivity contribution is 8.00. The fourth-order valence-electron chi connectivity index (χ4n) is 13.7. The van der Waals surface area contributed by atoms with Gasteiger partial charge in [-0.3, -0.25) is 28.8 Å². The first kappa shape index (κ1) is 83.4. The van der Waals surface area contributed by atoms with Gasteiger partial charge in [-0.05, 0) is 148 Å². The number of ether oxygens (including phenoxy) is 5. The van der Waals surface area contributed by atoms with E-state index in [0.717, 1.165) is 70.2 Å². The van der Waals surface area contributed by atoms with Crippen LogP contribution in [0.4, 0.5) is 9.59 Å². The van der Waals surface area contributed by atoms with Crippen molar-refractivity contribution in [2.45, 2.75) is 179 Å². The molecular formula is C91H104N4O14S. The van der Waals surface area contributed by atoms with Crippen molar-refractivity contribution in [3.8, 4) is 16.9 Å². The molecule has 110 heavy (non-hydrogen) atoms. The Balaban J connectivity index is 0.891. The molecule has 578 valence electrons. The van der Waals surface area contributed by atoms with Gasteiger partial charge < -0.3 is 45.0 Å². The number of Topliss-reactive ketones (excluding diaryl/α,β-unsaturated/α-hetero) is 3. The molecule has 4 N–H and O–H groups in total. The number of fused-ring (bicyclic) bond motifs is 3. The number of nitrogens with one attached hydrogen (secondary N) is 4. The van der Waals surface area contributed by atoms with Crippen LogP contribution in [-0.2, 0) is 76.7 Å². The summed E-state index contributed by atoms with van der Waals surface area (Å²) < 4.78 is 27.9. The highest BCUT2D eigenvalue weighted by Gasteiger charge is 2.41. The van der Waals surface area contributed by atoms with E-state index in [0.29, 0.717) is 36.4 Å². The maximum absolute atomic E-state index is 15.4. The van der Waals surface area contributed by atoms with Crippen molar-refractivity contribution in [2.75, 3.05) is 25.5 Å². The van der Waals surface area contributed by atoms with Crippen LogP contribution in [0.3, 0.4) is 0 Å². The molecule has 0 radical (unpaired) electrons. The van der Waals surface area contributed by atoms with Gasteiger partial charge in [0.1, 0.15) is 42.0 Å². The normalized spacial score (nSPS) is 13.3. The van der Waals surface area contributed by atoms with Gasteiger partial charge in [-0.25, -0.2) is 14.4 Å². The summed E-state index contributed by atoms with van der Waals surface area (Å²) in [6.07, 6.45) is 0.609. The Kier molecular flexibility index (Phi) is 31.2. The molecule has 0 heterocycles. The molecule has 0 bridgehead atoms. The largest absolute Gasteiger partial charge is 0.494 e. The second-order valence-electron chi connectivity index (χ2n) is 29.8. The second-order valence-corrected chi connectivity index (χ2v) is 31.1. The van der Waals surface area contributed by atoms with Crippen LogP contribution >= 0.6 is 11.8 Å². The zero-order valence-electron chi connectivity index (χ0n) is 64.2. The number of esters is 2. The summed E-state index contributed by atoms with van der Waals surface area (Å²) in [5.41, 5.74) is 7.35. The van der Waals surface area contributed by atoms with E-state index in [1.807, 2.05) is 183 Å². The summed E-state index contributed by atoms with van der Waals surface area (Å²) in [5, 5.41) is 11.5. The smallest absolute Gasteiger partial charge is 0.408 e. The van der Waals surface area contributed by atoms with Crippen LogP contribution in [0.15, 0.2) is 224 Å². The van der Waals surface area contributed by atoms with Crippen molar-refractivity contribution in [2.24, 2.45) is 11.8 Å². The molecule has 0 aromatic heterocycles. The first-order valence-electron chi connectivity index (χ1n) is 38.2. The molecule has 0 unspecified atom stereocenters. The van der Waals surface area contributed by atoms with E-state index in [2.05, 4.69) is 45.5 Å². The number of rotatable bonds is 41. The summed E-state index contributed by atoms with van der Waals surface area (Å²) >= 11 is 1.39. The zero-order chi connectivity index (χ0) is 78.5. The van der Waals surface area contributed by atoms with E-state index in [1.54, 1.807) is 65.8 Å². The number of unbranched alkanes of at least 4 members (excludes halogenated alkanes) is 4. The Labute approximate surface area is 651 Å². The fraction of sp³-hybridized carbons (Fsp3) is 0.374. The maximum atomic E-state index is 15.4. The molecule has 0 saturated carbocycles. The van der Waals surface area contributed by atoms with Crippen LogP contribution in [0, 0.1) is 11.8 Å². The number of thioether (sulfide) groups is 1. The Morgan fingerprint density at radius 3 is 1.50 bits per heavy atom. The highest BCUT2D eigenvalue weighted by Crippen LogP contribution is 2.49. The molecule has 4 amide bonds. The molecule has 0 saturated heterocycles. The van der Waals surface area contributed by atoms with Gasteiger partial charge in [-0.2, -0.15) is 0 Å². The third-order valence-electron chi connectivity index (χ3n) is 19.0. The number of ketones is 3. The van der Waals surface area contributed by atoms with Gasteiger partial charge in [-0.15, -0.1) is 11.8 Å². The van der Waals surface area contributed by atoms with E-state index in [-0.39, 0.29) is 69.2 Å². The Hall–Kier alpha value is -10.7. The van der Waals surface area contributed by atoms with Gasteiger partial charge in [-0.1, -0.05) is 232 Å². The topological polar surface area (TPSA) is 248 Å². The molecule has 8 aromatic carbocycles. The van der Waals surface area contributed by atoms with Gasteiger partial charge in [0.15, 0.2) is 11.6 Å².